The Bertz CT molecular complexity index is 1220. The Morgan fingerprint density at radius 3 is 2.52 bits per heavy atom. The number of amides is 1. The van der Waals surface area contributed by atoms with Crippen LogP contribution in [-0.2, 0) is 16.9 Å². The number of nitrogens with zero attached hydrogens (tertiary/aromatic N) is 2. The lowest BCUT2D eigenvalue weighted by molar-refractivity contribution is -0.534. The zero-order valence-electron chi connectivity index (χ0n) is 17.9. The van der Waals surface area contributed by atoms with E-state index in [4.69, 9.17) is 16.3 Å². The molecule has 3 atom stereocenters. The molecule has 1 amide bonds. The fourth-order valence-electron chi connectivity index (χ4n) is 5.14. The second-order valence-corrected chi connectivity index (χ2v) is 8.90. The van der Waals surface area contributed by atoms with Crippen LogP contribution in [0.2, 0.25) is 5.02 Å². The van der Waals surface area contributed by atoms with Crippen LogP contribution in [0.15, 0.2) is 72.8 Å². The van der Waals surface area contributed by atoms with E-state index in [1.807, 2.05) is 65.6 Å². The Labute approximate surface area is 196 Å². The van der Waals surface area contributed by atoms with Gasteiger partial charge in [0.2, 0.25) is 0 Å². The van der Waals surface area contributed by atoms with Crippen molar-refractivity contribution < 1.29 is 14.5 Å². The fraction of sp³-hybridized carbons (Fsp3) is 0.240. The van der Waals surface area contributed by atoms with E-state index in [-0.39, 0.29) is 10.8 Å². The van der Waals surface area contributed by atoms with Gasteiger partial charge in [0, 0.05) is 27.7 Å². The Morgan fingerprint density at radius 1 is 1.12 bits per heavy atom. The maximum Gasteiger partial charge on any atom is 0.256 e. The van der Waals surface area contributed by atoms with Gasteiger partial charge in [-0.1, -0.05) is 54.1 Å². The van der Waals surface area contributed by atoms with E-state index in [9.17, 15) is 14.9 Å². The van der Waals surface area contributed by atoms with Gasteiger partial charge in [-0.3, -0.25) is 19.8 Å². The molecule has 1 spiro atoms. The average Bonchev–Trinajstić information content (AvgIpc) is 3.29. The van der Waals surface area contributed by atoms with Crippen LogP contribution in [0.4, 0.5) is 5.69 Å². The van der Waals surface area contributed by atoms with E-state index >= 15 is 0 Å². The highest BCUT2D eigenvalue weighted by molar-refractivity contribution is 6.30. The third-order valence-corrected chi connectivity index (χ3v) is 6.92. The second kappa shape index (κ2) is 8.17. The maximum atomic E-state index is 13.2. The molecule has 3 aromatic carbocycles. The van der Waals surface area contributed by atoms with Crippen molar-refractivity contribution in [3.05, 3.63) is 105 Å². The van der Waals surface area contributed by atoms with Crippen molar-refractivity contribution in [3.63, 3.8) is 0 Å². The fourth-order valence-corrected chi connectivity index (χ4v) is 5.26. The number of benzene rings is 3. The van der Waals surface area contributed by atoms with Crippen LogP contribution in [0, 0.1) is 10.1 Å². The molecular weight excluding hydrogens is 442 g/mol. The summed E-state index contributed by atoms with van der Waals surface area (Å²) in [7, 11) is 1.78. The van der Waals surface area contributed by atoms with Gasteiger partial charge in [-0.15, -0.1) is 0 Å². The Kier molecular flexibility index (Phi) is 5.31. The molecule has 3 aromatic rings. The Hall–Kier alpha value is -3.42. The van der Waals surface area contributed by atoms with Crippen molar-refractivity contribution in [2.45, 2.75) is 24.1 Å². The van der Waals surface area contributed by atoms with Gasteiger partial charge in [0.05, 0.1) is 5.92 Å². The van der Waals surface area contributed by atoms with Crippen LogP contribution in [0.3, 0.4) is 0 Å². The van der Waals surface area contributed by atoms with Crippen LogP contribution < -0.4 is 10.1 Å². The van der Waals surface area contributed by atoms with Gasteiger partial charge in [-0.05, 0) is 48.5 Å². The second-order valence-electron chi connectivity index (χ2n) is 8.47. The van der Waals surface area contributed by atoms with Crippen molar-refractivity contribution >= 4 is 23.2 Å². The summed E-state index contributed by atoms with van der Waals surface area (Å²) in [4.78, 5) is 27.0. The number of hydrogen-bond acceptors (Lipinski definition) is 5. The first-order valence-corrected chi connectivity index (χ1v) is 11.0. The largest absolute Gasteiger partial charge is 0.489 e. The highest BCUT2D eigenvalue weighted by Crippen LogP contribution is 2.51. The molecule has 5 rings (SSSR count). The number of rotatable bonds is 5. The molecule has 2 heterocycles. The van der Waals surface area contributed by atoms with Gasteiger partial charge in [0.25, 0.3) is 11.9 Å². The minimum Gasteiger partial charge on any atom is -0.489 e. The van der Waals surface area contributed by atoms with E-state index in [1.54, 1.807) is 19.2 Å². The van der Waals surface area contributed by atoms with E-state index in [0.29, 0.717) is 35.2 Å². The number of halogens is 1. The van der Waals surface area contributed by atoms with Gasteiger partial charge in [0.15, 0.2) is 5.54 Å². The number of carbonyl (C=O) groups excluding carboxylic acids is 1. The van der Waals surface area contributed by atoms with Gasteiger partial charge >= 0.3 is 0 Å². The number of ether oxygens (including phenoxy) is 1. The average molecular weight is 464 g/mol. The number of likely N-dealkylation sites (N-methyl/N-ethyl adjacent to an activating group) is 1. The molecule has 1 saturated heterocycles. The summed E-state index contributed by atoms with van der Waals surface area (Å²) in [6, 6.07) is 20.8. The summed E-state index contributed by atoms with van der Waals surface area (Å²) in [5.41, 5.74) is 1.74. The SMILES string of the molecule is CN1C[C@H](c2ccc(OCc3ccc(Cl)cc3)cc2)[C@H]([N+](=O)[O-])[C@@]12C(=O)Nc1ccccc12. The van der Waals surface area contributed by atoms with Crippen LogP contribution in [-0.4, -0.2) is 35.4 Å². The summed E-state index contributed by atoms with van der Waals surface area (Å²) in [6.07, 6.45) is 0. The number of hydrogen-bond donors (Lipinski definition) is 1. The number of carbonyl (C=O) groups is 1. The molecule has 0 bridgehead atoms. The summed E-state index contributed by atoms with van der Waals surface area (Å²) in [6.45, 7) is 0.776. The number of nitrogens with one attached hydrogen (secondary N) is 1. The van der Waals surface area contributed by atoms with Crippen LogP contribution in [0.5, 0.6) is 5.75 Å². The summed E-state index contributed by atoms with van der Waals surface area (Å²) < 4.78 is 5.85. The minimum atomic E-state index is -1.34. The molecule has 7 nitrogen and oxygen atoms in total. The van der Waals surface area contributed by atoms with Crippen LogP contribution in [0.1, 0.15) is 22.6 Å². The predicted molar refractivity (Wildman–Crippen MR) is 125 cm³/mol. The number of para-hydroxylation sites is 1. The molecule has 33 heavy (non-hydrogen) atoms. The first kappa shape index (κ1) is 21.4. The molecule has 0 saturated carbocycles. The van der Waals surface area contributed by atoms with Gasteiger partial charge in [-0.2, -0.15) is 0 Å². The third-order valence-electron chi connectivity index (χ3n) is 6.67. The molecule has 8 heteroatoms. The molecule has 1 N–H and O–H groups in total. The summed E-state index contributed by atoms with van der Waals surface area (Å²) in [5.74, 6) is -0.137. The monoisotopic (exact) mass is 463 g/mol. The van der Waals surface area contributed by atoms with Gasteiger partial charge < -0.3 is 10.1 Å². The van der Waals surface area contributed by atoms with Crippen molar-refractivity contribution in [2.24, 2.45) is 0 Å². The lowest BCUT2D eigenvalue weighted by atomic mass is 9.79. The van der Waals surface area contributed by atoms with E-state index < -0.39 is 17.5 Å². The Balaban J connectivity index is 1.42. The first-order chi connectivity index (χ1) is 15.9. The van der Waals surface area contributed by atoms with E-state index in [1.165, 1.54) is 0 Å². The van der Waals surface area contributed by atoms with Crippen LogP contribution >= 0.6 is 11.6 Å². The number of anilines is 1. The first-order valence-electron chi connectivity index (χ1n) is 10.6. The van der Waals surface area contributed by atoms with Gasteiger partial charge in [-0.25, -0.2) is 0 Å². The number of nitro groups is 1. The van der Waals surface area contributed by atoms with Crippen molar-refractivity contribution in [1.29, 1.82) is 0 Å². The maximum absolute atomic E-state index is 13.2. The van der Waals surface area contributed by atoms with Crippen molar-refractivity contribution in [3.8, 4) is 5.75 Å². The third kappa shape index (κ3) is 3.44. The van der Waals surface area contributed by atoms with Crippen molar-refractivity contribution in [1.82, 2.24) is 4.90 Å². The topological polar surface area (TPSA) is 84.7 Å². The smallest absolute Gasteiger partial charge is 0.256 e. The molecule has 0 aromatic heterocycles. The lowest BCUT2D eigenvalue weighted by Gasteiger charge is -2.30. The zero-order chi connectivity index (χ0) is 23.2. The highest BCUT2D eigenvalue weighted by atomic mass is 35.5. The quantitative estimate of drug-likeness (QED) is 0.446. The Morgan fingerprint density at radius 2 is 1.82 bits per heavy atom. The zero-order valence-corrected chi connectivity index (χ0v) is 18.7. The van der Waals surface area contributed by atoms with Crippen LogP contribution in [0.25, 0.3) is 0 Å². The molecule has 1 fully saturated rings. The normalized spacial score (nSPS) is 24.0. The van der Waals surface area contributed by atoms with Gasteiger partial charge in [0.1, 0.15) is 12.4 Å². The molecular formula is C25H22ClN3O4. The van der Waals surface area contributed by atoms with E-state index in [2.05, 4.69) is 5.32 Å². The van der Waals surface area contributed by atoms with Crippen molar-refractivity contribution in [2.75, 3.05) is 18.9 Å². The number of fused-ring (bicyclic) bond motifs is 2. The predicted octanol–water partition coefficient (Wildman–Crippen LogP) is 4.44. The molecule has 0 unspecified atom stereocenters. The molecule has 168 valence electrons. The standard InChI is InChI=1S/C25H22ClN3O4/c1-28-14-20(17-8-12-19(13-9-17)33-15-16-6-10-18(26)11-7-16)23(29(31)32)25(28)21-4-2-3-5-22(21)27-24(25)30/h2-13,20,23H,14-15H2,1H3,(H,27,30)/t20-,23+,25+/m1/s1. The lowest BCUT2D eigenvalue weighted by Crippen LogP contribution is -2.54. The molecule has 2 aliphatic rings. The minimum absolute atomic E-state index is 0.305. The summed E-state index contributed by atoms with van der Waals surface area (Å²) >= 11 is 5.92. The summed E-state index contributed by atoms with van der Waals surface area (Å²) in [5, 5.41) is 15.9. The highest BCUT2D eigenvalue weighted by Gasteiger charge is 2.68. The molecule has 0 aliphatic carbocycles. The number of likely N-dealkylation sites (tertiary alicyclic amines) is 1. The molecule has 0 radical (unpaired) electrons. The van der Waals surface area contributed by atoms with E-state index in [0.717, 1.165) is 11.1 Å². The molecule has 2 aliphatic heterocycles.